The van der Waals surface area contributed by atoms with Crippen molar-refractivity contribution in [2.24, 2.45) is 11.8 Å². The second-order valence-electron chi connectivity index (χ2n) is 6.71. The molecule has 1 saturated heterocycles. The first-order valence-electron chi connectivity index (χ1n) is 8.23. The average molecular weight is 333 g/mol. The van der Waals surface area contributed by atoms with Crippen molar-refractivity contribution in [3.8, 4) is 0 Å². The minimum Gasteiger partial charge on any atom is -0.341 e. The molecule has 0 radical (unpaired) electrons. The number of aryl methyl sites for hydroxylation is 1. The number of amides is 1. The molecular weight excluding hydrogens is 310 g/mol. The standard InChI is InChI=1S/C17H23N3O2S/c1-4-13-6-14-16(23-13)18-10-20(17(14)22)9-15(21)19-7-11(2)5-12(3)8-19/h6,10-12H,4-5,7-9H2,1-3H3. The van der Waals surface area contributed by atoms with Gasteiger partial charge < -0.3 is 4.90 Å². The summed E-state index contributed by atoms with van der Waals surface area (Å²) in [6.07, 6.45) is 3.56. The molecule has 1 aliphatic heterocycles. The van der Waals surface area contributed by atoms with Gasteiger partial charge in [-0.05, 0) is 30.7 Å². The molecule has 6 heteroatoms. The number of likely N-dealkylation sites (tertiary alicyclic amines) is 1. The lowest BCUT2D eigenvalue weighted by Crippen LogP contribution is -2.44. The summed E-state index contributed by atoms with van der Waals surface area (Å²) in [6.45, 7) is 8.06. The molecule has 1 fully saturated rings. The van der Waals surface area contributed by atoms with Gasteiger partial charge in [-0.25, -0.2) is 4.98 Å². The maximum atomic E-state index is 12.6. The summed E-state index contributed by atoms with van der Waals surface area (Å²) >= 11 is 1.55. The Morgan fingerprint density at radius 3 is 2.70 bits per heavy atom. The van der Waals surface area contributed by atoms with Crippen molar-refractivity contribution in [3.05, 3.63) is 27.6 Å². The van der Waals surface area contributed by atoms with Gasteiger partial charge in [0.2, 0.25) is 5.91 Å². The quantitative estimate of drug-likeness (QED) is 0.867. The zero-order chi connectivity index (χ0) is 16.6. The smallest absolute Gasteiger partial charge is 0.262 e. The molecule has 2 aromatic heterocycles. The summed E-state index contributed by atoms with van der Waals surface area (Å²) in [5, 5.41) is 0.627. The first-order valence-corrected chi connectivity index (χ1v) is 9.05. The second kappa shape index (κ2) is 6.43. The van der Waals surface area contributed by atoms with E-state index in [-0.39, 0.29) is 18.0 Å². The molecule has 5 nitrogen and oxygen atoms in total. The molecule has 0 aromatic carbocycles. The first kappa shape index (κ1) is 16.2. The van der Waals surface area contributed by atoms with Gasteiger partial charge in [-0.2, -0.15) is 0 Å². The summed E-state index contributed by atoms with van der Waals surface area (Å²) in [5.41, 5.74) is -0.114. The lowest BCUT2D eigenvalue weighted by atomic mass is 9.92. The van der Waals surface area contributed by atoms with Gasteiger partial charge in [-0.1, -0.05) is 20.8 Å². The summed E-state index contributed by atoms with van der Waals surface area (Å²) in [6, 6.07) is 1.90. The summed E-state index contributed by atoms with van der Waals surface area (Å²) in [5.74, 6) is 1.05. The lowest BCUT2D eigenvalue weighted by Gasteiger charge is -2.35. The van der Waals surface area contributed by atoms with Crippen LogP contribution >= 0.6 is 11.3 Å². The fourth-order valence-corrected chi connectivity index (χ4v) is 4.33. The third kappa shape index (κ3) is 3.32. The van der Waals surface area contributed by atoms with Gasteiger partial charge in [0.15, 0.2) is 0 Å². The van der Waals surface area contributed by atoms with Gasteiger partial charge >= 0.3 is 0 Å². The van der Waals surface area contributed by atoms with Crippen molar-refractivity contribution in [2.75, 3.05) is 13.1 Å². The number of rotatable bonds is 3. The zero-order valence-corrected chi connectivity index (χ0v) is 14.7. The minimum atomic E-state index is -0.114. The van der Waals surface area contributed by atoms with Crippen LogP contribution in [0.4, 0.5) is 0 Å². The molecule has 0 N–H and O–H groups in total. The molecule has 1 amide bonds. The number of aromatic nitrogens is 2. The molecule has 1 aliphatic rings. The van der Waals surface area contributed by atoms with Gasteiger partial charge in [0.05, 0.1) is 11.7 Å². The van der Waals surface area contributed by atoms with Gasteiger partial charge in [0.25, 0.3) is 5.56 Å². The van der Waals surface area contributed by atoms with Gasteiger partial charge in [-0.15, -0.1) is 11.3 Å². The number of hydrogen-bond donors (Lipinski definition) is 0. The molecule has 2 atom stereocenters. The number of thiophene rings is 1. The van der Waals surface area contributed by atoms with E-state index in [4.69, 9.17) is 0 Å². The van der Waals surface area contributed by atoms with Crippen molar-refractivity contribution in [1.29, 1.82) is 0 Å². The van der Waals surface area contributed by atoms with Crippen molar-refractivity contribution in [3.63, 3.8) is 0 Å². The van der Waals surface area contributed by atoms with E-state index in [1.165, 1.54) is 10.9 Å². The van der Waals surface area contributed by atoms with Crippen LogP contribution in [-0.4, -0.2) is 33.4 Å². The molecule has 0 bridgehead atoms. The monoisotopic (exact) mass is 333 g/mol. The molecule has 0 spiro atoms. The Balaban J connectivity index is 1.82. The molecule has 0 saturated carbocycles. The Kier molecular flexibility index (Phi) is 4.53. The number of piperidine rings is 1. The Morgan fingerprint density at radius 2 is 2.04 bits per heavy atom. The van der Waals surface area contributed by atoms with E-state index in [0.29, 0.717) is 17.2 Å². The predicted molar refractivity (Wildman–Crippen MR) is 92.8 cm³/mol. The highest BCUT2D eigenvalue weighted by Gasteiger charge is 2.25. The van der Waals surface area contributed by atoms with Crippen LogP contribution in [0.25, 0.3) is 10.2 Å². The van der Waals surface area contributed by atoms with E-state index in [9.17, 15) is 9.59 Å². The minimum absolute atomic E-state index is 0.0117. The maximum absolute atomic E-state index is 12.6. The summed E-state index contributed by atoms with van der Waals surface area (Å²) < 4.78 is 1.45. The first-order chi connectivity index (χ1) is 11.0. The molecule has 2 aromatic rings. The normalized spacial score (nSPS) is 21.8. The van der Waals surface area contributed by atoms with Crippen molar-refractivity contribution < 1.29 is 4.79 Å². The number of fused-ring (bicyclic) bond motifs is 1. The summed E-state index contributed by atoms with van der Waals surface area (Å²) in [4.78, 5) is 33.3. The Bertz CT molecular complexity index is 770. The van der Waals surface area contributed by atoms with Gasteiger partial charge in [0, 0.05) is 18.0 Å². The molecule has 2 unspecified atom stereocenters. The number of nitrogens with zero attached hydrogens (tertiary/aromatic N) is 3. The largest absolute Gasteiger partial charge is 0.341 e. The second-order valence-corrected chi connectivity index (χ2v) is 7.82. The average Bonchev–Trinajstić information content (AvgIpc) is 2.93. The predicted octanol–water partition coefficient (Wildman–Crippen LogP) is 2.52. The van der Waals surface area contributed by atoms with E-state index in [1.807, 2.05) is 11.0 Å². The van der Waals surface area contributed by atoms with Crippen LogP contribution in [0.15, 0.2) is 17.2 Å². The molecule has 23 heavy (non-hydrogen) atoms. The number of carbonyl (C=O) groups is 1. The van der Waals surface area contributed by atoms with Gasteiger partial charge in [-0.3, -0.25) is 14.2 Å². The topological polar surface area (TPSA) is 55.2 Å². The number of hydrogen-bond acceptors (Lipinski definition) is 4. The SMILES string of the molecule is CCc1cc2c(=O)n(CC(=O)N3CC(C)CC(C)C3)cnc2s1. The fourth-order valence-electron chi connectivity index (χ4n) is 3.41. The van der Waals surface area contributed by atoms with Crippen LogP contribution in [0.3, 0.4) is 0 Å². The van der Waals surface area contributed by atoms with Crippen molar-refractivity contribution >= 4 is 27.5 Å². The third-order valence-corrected chi connectivity index (χ3v) is 5.63. The Labute approximate surface area is 139 Å². The maximum Gasteiger partial charge on any atom is 0.262 e. The number of carbonyl (C=O) groups excluding carboxylic acids is 1. The van der Waals surface area contributed by atoms with Crippen LogP contribution in [0.5, 0.6) is 0 Å². The van der Waals surface area contributed by atoms with Crippen LogP contribution < -0.4 is 5.56 Å². The highest BCUT2D eigenvalue weighted by molar-refractivity contribution is 7.18. The molecule has 0 aliphatic carbocycles. The highest BCUT2D eigenvalue weighted by Crippen LogP contribution is 2.22. The molecule has 3 rings (SSSR count). The van der Waals surface area contributed by atoms with E-state index < -0.39 is 0 Å². The van der Waals surface area contributed by atoms with E-state index >= 15 is 0 Å². The Hall–Kier alpha value is -1.69. The Morgan fingerprint density at radius 1 is 1.35 bits per heavy atom. The lowest BCUT2D eigenvalue weighted by molar-refractivity contribution is -0.134. The van der Waals surface area contributed by atoms with E-state index in [0.717, 1.165) is 35.6 Å². The molecule has 3 heterocycles. The van der Waals surface area contributed by atoms with Crippen molar-refractivity contribution in [1.82, 2.24) is 14.5 Å². The zero-order valence-electron chi connectivity index (χ0n) is 13.9. The van der Waals surface area contributed by atoms with E-state index in [1.54, 1.807) is 11.3 Å². The van der Waals surface area contributed by atoms with Crippen LogP contribution in [0, 0.1) is 11.8 Å². The van der Waals surface area contributed by atoms with Crippen molar-refractivity contribution in [2.45, 2.75) is 40.2 Å². The van der Waals surface area contributed by atoms with Crippen LogP contribution in [-0.2, 0) is 17.8 Å². The van der Waals surface area contributed by atoms with Gasteiger partial charge in [0.1, 0.15) is 11.4 Å². The highest BCUT2D eigenvalue weighted by atomic mass is 32.1. The molecule has 124 valence electrons. The summed E-state index contributed by atoms with van der Waals surface area (Å²) in [7, 11) is 0. The fraction of sp³-hybridized carbons (Fsp3) is 0.588. The molecular formula is C17H23N3O2S. The van der Waals surface area contributed by atoms with E-state index in [2.05, 4.69) is 25.8 Å². The van der Waals surface area contributed by atoms with Crippen LogP contribution in [0.2, 0.25) is 0 Å². The third-order valence-electron chi connectivity index (χ3n) is 4.44. The van der Waals surface area contributed by atoms with Crippen LogP contribution in [0.1, 0.15) is 32.1 Å².